The molecule has 104 valence electrons. The van der Waals surface area contributed by atoms with Gasteiger partial charge in [0.2, 0.25) is 0 Å². The van der Waals surface area contributed by atoms with Gasteiger partial charge in [0.1, 0.15) is 11.6 Å². The Kier molecular flexibility index (Phi) is 3.28. The van der Waals surface area contributed by atoms with Gasteiger partial charge >= 0.3 is 0 Å². The first-order valence-electron chi connectivity index (χ1n) is 6.43. The summed E-state index contributed by atoms with van der Waals surface area (Å²) < 4.78 is 13.6. The van der Waals surface area contributed by atoms with Crippen LogP contribution in [0.3, 0.4) is 0 Å². The van der Waals surface area contributed by atoms with Gasteiger partial charge in [-0.2, -0.15) is 0 Å². The standard InChI is InChI=1S/C17H12FNO2/c18-13-7-3-4-8-14(13)19-17(21)16-12-6-2-1-5-11(12)9-10-15(16)20/h1-10,20H,(H,19,21). The van der Waals surface area contributed by atoms with Crippen LogP contribution in [0, 0.1) is 5.82 Å². The van der Waals surface area contributed by atoms with Crippen LogP contribution in [0.5, 0.6) is 5.75 Å². The minimum atomic E-state index is -0.547. The minimum absolute atomic E-state index is 0.0786. The summed E-state index contributed by atoms with van der Waals surface area (Å²) in [6, 6.07) is 16.3. The third kappa shape index (κ3) is 2.43. The Hall–Kier alpha value is -2.88. The van der Waals surface area contributed by atoms with E-state index in [1.807, 2.05) is 12.1 Å². The number of rotatable bonds is 2. The number of anilines is 1. The van der Waals surface area contributed by atoms with Crippen molar-refractivity contribution in [3.8, 4) is 5.75 Å². The summed E-state index contributed by atoms with van der Waals surface area (Å²) in [6.07, 6.45) is 0. The summed E-state index contributed by atoms with van der Waals surface area (Å²) in [5.41, 5.74) is 0.214. The van der Waals surface area contributed by atoms with Gasteiger partial charge in [0.15, 0.2) is 0 Å². The Morgan fingerprint density at radius 2 is 1.67 bits per heavy atom. The summed E-state index contributed by atoms with van der Waals surface area (Å²) in [7, 11) is 0. The monoisotopic (exact) mass is 281 g/mol. The molecule has 0 saturated heterocycles. The average Bonchev–Trinajstić information content (AvgIpc) is 2.49. The predicted molar refractivity (Wildman–Crippen MR) is 80.0 cm³/mol. The van der Waals surface area contributed by atoms with Crippen molar-refractivity contribution in [1.29, 1.82) is 0 Å². The maximum absolute atomic E-state index is 13.6. The van der Waals surface area contributed by atoms with Crippen molar-refractivity contribution in [1.82, 2.24) is 0 Å². The SMILES string of the molecule is O=C(Nc1ccccc1F)c1c(O)ccc2ccccc12. The molecular weight excluding hydrogens is 269 g/mol. The highest BCUT2D eigenvalue weighted by Gasteiger charge is 2.16. The van der Waals surface area contributed by atoms with E-state index in [1.54, 1.807) is 30.3 Å². The Morgan fingerprint density at radius 1 is 0.952 bits per heavy atom. The molecule has 0 bridgehead atoms. The number of phenolic OH excluding ortho intramolecular Hbond substituents is 1. The average molecular weight is 281 g/mol. The molecule has 0 aliphatic heterocycles. The van der Waals surface area contributed by atoms with Crippen molar-refractivity contribution in [2.75, 3.05) is 5.32 Å². The van der Waals surface area contributed by atoms with Crippen molar-refractivity contribution in [3.63, 3.8) is 0 Å². The predicted octanol–water partition coefficient (Wildman–Crippen LogP) is 3.94. The molecule has 2 N–H and O–H groups in total. The molecule has 21 heavy (non-hydrogen) atoms. The van der Waals surface area contributed by atoms with E-state index < -0.39 is 11.7 Å². The normalized spacial score (nSPS) is 10.5. The van der Waals surface area contributed by atoms with Crippen molar-refractivity contribution in [3.05, 3.63) is 72.0 Å². The van der Waals surface area contributed by atoms with E-state index in [0.29, 0.717) is 5.39 Å². The molecule has 3 aromatic rings. The fourth-order valence-corrected chi connectivity index (χ4v) is 2.25. The molecule has 3 rings (SSSR count). The second kappa shape index (κ2) is 5.25. The summed E-state index contributed by atoms with van der Waals surface area (Å²) in [6.45, 7) is 0. The zero-order valence-electron chi connectivity index (χ0n) is 11.0. The smallest absolute Gasteiger partial charge is 0.260 e. The van der Waals surface area contributed by atoms with Gasteiger partial charge in [0.25, 0.3) is 5.91 Å². The Labute approximate surface area is 120 Å². The van der Waals surface area contributed by atoms with Gasteiger partial charge in [-0.15, -0.1) is 0 Å². The van der Waals surface area contributed by atoms with Gasteiger partial charge in [-0.3, -0.25) is 4.79 Å². The van der Waals surface area contributed by atoms with Crippen LogP contribution >= 0.6 is 0 Å². The van der Waals surface area contributed by atoms with Crippen LogP contribution in [-0.4, -0.2) is 11.0 Å². The molecule has 3 aromatic carbocycles. The van der Waals surface area contributed by atoms with Crippen LogP contribution in [-0.2, 0) is 0 Å². The lowest BCUT2D eigenvalue weighted by Crippen LogP contribution is -2.13. The molecule has 0 aliphatic carbocycles. The molecule has 0 unspecified atom stereocenters. The van der Waals surface area contributed by atoms with Crippen LogP contribution in [0.1, 0.15) is 10.4 Å². The summed E-state index contributed by atoms with van der Waals surface area (Å²) in [5.74, 6) is -1.21. The number of aromatic hydroxyl groups is 1. The molecule has 0 aliphatic rings. The first-order chi connectivity index (χ1) is 10.2. The molecular formula is C17H12FNO2. The third-order valence-corrected chi connectivity index (χ3v) is 3.26. The number of benzene rings is 3. The zero-order valence-corrected chi connectivity index (χ0v) is 11.0. The lowest BCUT2D eigenvalue weighted by Gasteiger charge is -2.10. The van der Waals surface area contributed by atoms with Crippen molar-refractivity contribution in [2.45, 2.75) is 0 Å². The maximum Gasteiger partial charge on any atom is 0.260 e. The fraction of sp³-hybridized carbons (Fsp3) is 0. The van der Waals surface area contributed by atoms with Gasteiger partial charge in [0.05, 0.1) is 11.3 Å². The molecule has 1 amide bonds. The summed E-state index contributed by atoms with van der Waals surface area (Å²) in [5, 5.41) is 13.9. The largest absolute Gasteiger partial charge is 0.507 e. The van der Waals surface area contributed by atoms with E-state index in [0.717, 1.165) is 5.39 Å². The van der Waals surface area contributed by atoms with E-state index in [9.17, 15) is 14.3 Å². The van der Waals surface area contributed by atoms with Crippen molar-refractivity contribution < 1.29 is 14.3 Å². The third-order valence-electron chi connectivity index (χ3n) is 3.26. The second-order valence-electron chi connectivity index (χ2n) is 4.61. The van der Waals surface area contributed by atoms with Gasteiger partial charge in [0, 0.05) is 0 Å². The summed E-state index contributed by atoms with van der Waals surface area (Å²) in [4.78, 5) is 12.4. The van der Waals surface area contributed by atoms with E-state index in [2.05, 4.69) is 5.32 Å². The Balaban J connectivity index is 2.06. The fourth-order valence-electron chi connectivity index (χ4n) is 2.25. The van der Waals surface area contributed by atoms with Gasteiger partial charge in [-0.05, 0) is 29.0 Å². The molecule has 4 heteroatoms. The van der Waals surface area contributed by atoms with Crippen LogP contribution < -0.4 is 5.32 Å². The van der Waals surface area contributed by atoms with Crippen molar-refractivity contribution in [2.24, 2.45) is 0 Å². The number of carbonyl (C=O) groups is 1. The number of amides is 1. The second-order valence-corrected chi connectivity index (χ2v) is 4.61. The molecule has 0 aromatic heterocycles. The van der Waals surface area contributed by atoms with E-state index in [4.69, 9.17) is 0 Å². The van der Waals surface area contributed by atoms with Crippen molar-refractivity contribution >= 4 is 22.4 Å². The number of nitrogens with one attached hydrogen (secondary N) is 1. The highest BCUT2D eigenvalue weighted by Crippen LogP contribution is 2.28. The minimum Gasteiger partial charge on any atom is -0.507 e. The van der Waals surface area contributed by atoms with Crippen LogP contribution in [0.2, 0.25) is 0 Å². The molecule has 0 fully saturated rings. The highest BCUT2D eigenvalue weighted by atomic mass is 19.1. The van der Waals surface area contributed by atoms with Gasteiger partial charge < -0.3 is 10.4 Å². The maximum atomic E-state index is 13.6. The number of hydrogen-bond donors (Lipinski definition) is 2. The number of fused-ring (bicyclic) bond motifs is 1. The number of para-hydroxylation sites is 1. The molecule has 0 radical (unpaired) electrons. The first-order valence-corrected chi connectivity index (χ1v) is 6.43. The van der Waals surface area contributed by atoms with Crippen LogP contribution in [0.4, 0.5) is 10.1 Å². The number of halogens is 1. The zero-order chi connectivity index (χ0) is 14.8. The van der Waals surface area contributed by atoms with Crippen LogP contribution in [0.25, 0.3) is 10.8 Å². The first kappa shape index (κ1) is 13.1. The lowest BCUT2D eigenvalue weighted by atomic mass is 10.0. The Morgan fingerprint density at radius 3 is 2.48 bits per heavy atom. The molecule has 0 saturated carbocycles. The quantitative estimate of drug-likeness (QED) is 0.747. The molecule has 0 spiro atoms. The summed E-state index contributed by atoms with van der Waals surface area (Å²) >= 11 is 0. The van der Waals surface area contributed by atoms with E-state index in [1.165, 1.54) is 18.2 Å². The lowest BCUT2D eigenvalue weighted by molar-refractivity contribution is 0.102. The van der Waals surface area contributed by atoms with Crippen LogP contribution in [0.15, 0.2) is 60.7 Å². The molecule has 3 nitrogen and oxygen atoms in total. The van der Waals surface area contributed by atoms with Gasteiger partial charge in [-0.25, -0.2) is 4.39 Å². The molecule has 0 atom stereocenters. The number of phenols is 1. The Bertz CT molecular complexity index is 830. The molecule has 0 heterocycles. The van der Waals surface area contributed by atoms with E-state index in [-0.39, 0.29) is 17.0 Å². The highest BCUT2D eigenvalue weighted by molar-refractivity contribution is 6.14. The number of hydrogen-bond acceptors (Lipinski definition) is 2. The van der Waals surface area contributed by atoms with Gasteiger partial charge in [-0.1, -0.05) is 42.5 Å². The number of carbonyl (C=O) groups excluding carboxylic acids is 1. The van der Waals surface area contributed by atoms with E-state index >= 15 is 0 Å². The topological polar surface area (TPSA) is 49.3 Å².